The summed E-state index contributed by atoms with van der Waals surface area (Å²) in [5, 5.41) is 6.71. The SMILES string of the molecule is O=C(CCc1cn[nH]c1)N1CCN(CC2CCCC2)CC1. The molecule has 2 fully saturated rings. The Bertz CT molecular complexity index is 431. The number of amides is 1. The zero-order valence-electron chi connectivity index (χ0n) is 12.8. The minimum absolute atomic E-state index is 0.289. The summed E-state index contributed by atoms with van der Waals surface area (Å²) in [5.41, 5.74) is 1.11. The smallest absolute Gasteiger partial charge is 0.222 e. The van der Waals surface area contributed by atoms with E-state index in [1.54, 1.807) is 6.20 Å². The van der Waals surface area contributed by atoms with Gasteiger partial charge >= 0.3 is 0 Å². The van der Waals surface area contributed by atoms with E-state index in [4.69, 9.17) is 0 Å². The lowest BCUT2D eigenvalue weighted by atomic mass is 10.1. The van der Waals surface area contributed by atoms with E-state index in [1.807, 2.05) is 11.1 Å². The van der Waals surface area contributed by atoms with Crippen LogP contribution in [0.3, 0.4) is 0 Å². The van der Waals surface area contributed by atoms with Crippen LogP contribution in [0, 0.1) is 5.92 Å². The zero-order valence-corrected chi connectivity index (χ0v) is 12.8. The van der Waals surface area contributed by atoms with E-state index >= 15 is 0 Å². The van der Waals surface area contributed by atoms with Crippen molar-refractivity contribution in [2.24, 2.45) is 5.92 Å². The Hall–Kier alpha value is -1.36. The van der Waals surface area contributed by atoms with Gasteiger partial charge in [0.1, 0.15) is 0 Å². The number of piperazine rings is 1. The van der Waals surface area contributed by atoms with Crippen LogP contribution < -0.4 is 0 Å². The van der Waals surface area contributed by atoms with Gasteiger partial charge in [0.25, 0.3) is 0 Å². The van der Waals surface area contributed by atoms with Gasteiger partial charge in [-0.2, -0.15) is 5.10 Å². The second kappa shape index (κ2) is 7.07. The molecule has 1 N–H and O–H groups in total. The summed E-state index contributed by atoms with van der Waals surface area (Å²) in [5.74, 6) is 1.20. The summed E-state index contributed by atoms with van der Waals surface area (Å²) in [6, 6.07) is 0. The number of H-pyrrole nitrogens is 1. The lowest BCUT2D eigenvalue weighted by Crippen LogP contribution is -2.49. The number of rotatable bonds is 5. The van der Waals surface area contributed by atoms with Crippen LogP contribution in [0.2, 0.25) is 0 Å². The molecular formula is C16H26N4O. The van der Waals surface area contributed by atoms with Crippen LogP contribution in [0.25, 0.3) is 0 Å². The Kier molecular flexibility index (Phi) is 4.91. The monoisotopic (exact) mass is 290 g/mol. The molecule has 2 aliphatic rings. The highest BCUT2D eigenvalue weighted by Crippen LogP contribution is 2.25. The molecule has 0 unspecified atom stereocenters. The third-order valence-electron chi connectivity index (χ3n) is 4.90. The number of hydrogen-bond donors (Lipinski definition) is 1. The zero-order chi connectivity index (χ0) is 14.5. The van der Waals surface area contributed by atoms with Crippen molar-refractivity contribution in [3.8, 4) is 0 Å². The van der Waals surface area contributed by atoms with Gasteiger partial charge in [-0.05, 0) is 30.7 Å². The minimum Gasteiger partial charge on any atom is -0.340 e. The quantitative estimate of drug-likeness (QED) is 0.897. The second-order valence-corrected chi connectivity index (χ2v) is 6.44. The molecule has 0 aromatic carbocycles. The van der Waals surface area contributed by atoms with E-state index in [0.29, 0.717) is 6.42 Å². The molecule has 1 aliphatic carbocycles. The van der Waals surface area contributed by atoms with Crippen LogP contribution in [-0.2, 0) is 11.2 Å². The lowest BCUT2D eigenvalue weighted by Gasteiger charge is -2.36. The van der Waals surface area contributed by atoms with Crippen molar-refractivity contribution in [2.75, 3.05) is 32.7 Å². The molecule has 1 saturated heterocycles. The molecule has 3 rings (SSSR count). The van der Waals surface area contributed by atoms with Crippen molar-refractivity contribution < 1.29 is 4.79 Å². The Morgan fingerprint density at radius 3 is 2.67 bits per heavy atom. The maximum atomic E-state index is 12.2. The van der Waals surface area contributed by atoms with Gasteiger partial charge in [0.05, 0.1) is 6.20 Å². The molecule has 1 amide bonds. The normalized spacial score (nSPS) is 21.0. The first-order chi connectivity index (χ1) is 10.3. The van der Waals surface area contributed by atoms with Gasteiger partial charge < -0.3 is 4.90 Å². The molecule has 1 saturated carbocycles. The number of carbonyl (C=O) groups excluding carboxylic acids is 1. The first-order valence-electron chi connectivity index (χ1n) is 8.29. The minimum atomic E-state index is 0.289. The molecule has 1 aromatic heterocycles. The van der Waals surface area contributed by atoms with Crippen molar-refractivity contribution >= 4 is 5.91 Å². The number of carbonyl (C=O) groups is 1. The topological polar surface area (TPSA) is 52.2 Å². The second-order valence-electron chi connectivity index (χ2n) is 6.44. The van der Waals surface area contributed by atoms with Gasteiger partial charge in [0, 0.05) is 45.3 Å². The summed E-state index contributed by atoms with van der Waals surface area (Å²) in [6.45, 7) is 5.15. The van der Waals surface area contributed by atoms with Gasteiger partial charge in [-0.15, -0.1) is 0 Å². The molecule has 0 atom stereocenters. The number of aryl methyl sites for hydroxylation is 1. The van der Waals surface area contributed by atoms with Crippen LogP contribution in [0.5, 0.6) is 0 Å². The fraction of sp³-hybridized carbons (Fsp3) is 0.750. The van der Waals surface area contributed by atoms with Crippen LogP contribution in [-0.4, -0.2) is 58.6 Å². The summed E-state index contributed by atoms with van der Waals surface area (Å²) in [4.78, 5) is 16.8. The van der Waals surface area contributed by atoms with Crippen molar-refractivity contribution in [3.63, 3.8) is 0 Å². The van der Waals surface area contributed by atoms with Crippen molar-refractivity contribution in [3.05, 3.63) is 18.0 Å². The van der Waals surface area contributed by atoms with Crippen molar-refractivity contribution in [2.45, 2.75) is 38.5 Å². The summed E-state index contributed by atoms with van der Waals surface area (Å²) < 4.78 is 0. The molecule has 2 heterocycles. The van der Waals surface area contributed by atoms with Crippen LogP contribution >= 0.6 is 0 Å². The van der Waals surface area contributed by atoms with Gasteiger partial charge in [0.2, 0.25) is 5.91 Å². The predicted molar refractivity (Wildman–Crippen MR) is 81.9 cm³/mol. The van der Waals surface area contributed by atoms with Crippen molar-refractivity contribution in [1.82, 2.24) is 20.0 Å². The average molecular weight is 290 g/mol. The number of nitrogens with zero attached hydrogens (tertiary/aromatic N) is 3. The standard InChI is InChI=1S/C16H26N4O/c21-16(6-5-15-11-17-18-12-15)20-9-7-19(8-10-20)13-14-3-1-2-4-14/h11-12,14H,1-10,13H2,(H,17,18). The molecule has 1 aliphatic heterocycles. The number of nitrogens with one attached hydrogen (secondary N) is 1. The van der Waals surface area contributed by atoms with E-state index in [0.717, 1.165) is 44.1 Å². The molecule has 21 heavy (non-hydrogen) atoms. The summed E-state index contributed by atoms with van der Waals surface area (Å²) in [7, 11) is 0. The summed E-state index contributed by atoms with van der Waals surface area (Å²) in [6.07, 6.45) is 10.7. The van der Waals surface area contributed by atoms with Gasteiger partial charge in [0.15, 0.2) is 0 Å². The average Bonchev–Trinajstić information content (AvgIpc) is 3.19. The third-order valence-corrected chi connectivity index (χ3v) is 4.90. The third kappa shape index (κ3) is 4.06. The molecule has 0 radical (unpaired) electrons. The Labute approximate surface area is 126 Å². The van der Waals surface area contributed by atoms with Crippen LogP contribution in [0.1, 0.15) is 37.7 Å². The Morgan fingerprint density at radius 2 is 2.00 bits per heavy atom. The van der Waals surface area contributed by atoms with Crippen LogP contribution in [0.15, 0.2) is 12.4 Å². The van der Waals surface area contributed by atoms with Crippen LogP contribution in [0.4, 0.5) is 0 Å². The van der Waals surface area contributed by atoms with Gasteiger partial charge in [-0.25, -0.2) is 0 Å². The number of aromatic amines is 1. The molecule has 5 heteroatoms. The fourth-order valence-electron chi connectivity index (χ4n) is 3.56. The largest absolute Gasteiger partial charge is 0.340 e. The van der Waals surface area contributed by atoms with E-state index in [2.05, 4.69) is 15.1 Å². The summed E-state index contributed by atoms with van der Waals surface area (Å²) >= 11 is 0. The molecule has 116 valence electrons. The van der Waals surface area contributed by atoms with Gasteiger partial charge in [-0.3, -0.25) is 14.8 Å². The van der Waals surface area contributed by atoms with Crippen molar-refractivity contribution in [1.29, 1.82) is 0 Å². The fourth-order valence-corrected chi connectivity index (χ4v) is 3.56. The predicted octanol–water partition coefficient (Wildman–Crippen LogP) is 1.68. The first kappa shape index (κ1) is 14.6. The first-order valence-corrected chi connectivity index (χ1v) is 8.29. The van der Waals surface area contributed by atoms with E-state index < -0.39 is 0 Å². The highest BCUT2D eigenvalue weighted by Gasteiger charge is 2.24. The maximum Gasteiger partial charge on any atom is 0.222 e. The van der Waals surface area contributed by atoms with E-state index in [-0.39, 0.29) is 5.91 Å². The maximum absolute atomic E-state index is 12.2. The molecule has 0 bridgehead atoms. The van der Waals surface area contributed by atoms with E-state index in [9.17, 15) is 4.79 Å². The van der Waals surface area contributed by atoms with E-state index in [1.165, 1.54) is 32.2 Å². The number of hydrogen-bond acceptors (Lipinski definition) is 3. The molecule has 5 nitrogen and oxygen atoms in total. The highest BCUT2D eigenvalue weighted by molar-refractivity contribution is 5.76. The molecular weight excluding hydrogens is 264 g/mol. The molecule has 0 spiro atoms. The Balaban J connectivity index is 1.37. The van der Waals surface area contributed by atoms with Gasteiger partial charge in [-0.1, -0.05) is 12.8 Å². The molecule has 1 aromatic rings. The number of aromatic nitrogens is 2. The lowest BCUT2D eigenvalue weighted by molar-refractivity contribution is -0.133. The Morgan fingerprint density at radius 1 is 1.24 bits per heavy atom. The highest BCUT2D eigenvalue weighted by atomic mass is 16.2.